The Morgan fingerprint density at radius 3 is 2.54 bits per heavy atom. The summed E-state index contributed by atoms with van der Waals surface area (Å²) < 4.78 is 38.7. The maximum absolute atomic E-state index is 12.9. The Hall–Kier alpha value is -2.15. The van der Waals surface area contributed by atoms with E-state index in [1.165, 1.54) is 12.1 Å². The third-order valence-corrected chi connectivity index (χ3v) is 5.57. The molecule has 1 aromatic carbocycles. The first-order valence-corrected chi connectivity index (χ1v) is 8.78. The van der Waals surface area contributed by atoms with Crippen LogP contribution in [0.4, 0.5) is 19.0 Å². The van der Waals surface area contributed by atoms with Crippen molar-refractivity contribution < 1.29 is 13.2 Å². The van der Waals surface area contributed by atoms with E-state index in [4.69, 9.17) is 0 Å². The highest BCUT2D eigenvalue weighted by Gasteiger charge is 2.45. The third-order valence-electron chi connectivity index (χ3n) is 5.57. The summed E-state index contributed by atoms with van der Waals surface area (Å²) in [5.41, 5.74) is 2.22. The quantitative estimate of drug-likeness (QED) is 0.836. The number of alkyl halides is 3. The molecule has 3 fully saturated rings. The van der Waals surface area contributed by atoms with E-state index in [1.807, 2.05) is 13.8 Å². The molecule has 5 rings (SSSR count). The second-order valence-electron chi connectivity index (χ2n) is 7.23. The van der Waals surface area contributed by atoms with Crippen LogP contribution in [0.1, 0.15) is 28.8 Å². The van der Waals surface area contributed by atoms with Gasteiger partial charge >= 0.3 is 6.18 Å². The van der Waals surface area contributed by atoms with E-state index in [0.717, 1.165) is 48.2 Å². The van der Waals surface area contributed by atoms with Crippen molar-refractivity contribution in [3.05, 3.63) is 53.0 Å². The van der Waals surface area contributed by atoms with E-state index >= 15 is 0 Å². The molecule has 0 spiro atoms. The van der Waals surface area contributed by atoms with Gasteiger partial charge in [0.1, 0.15) is 12.1 Å². The molecule has 0 aliphatic carbocycles. The second-order valence-corrected chi connectivity index (χ2v) is 7.23. The van der Waals surface area contributed by atoms with Gasteiger partial charge in [-0.05, 0) is 31.9 Å². The zero-order chi connectivity index (χ0) is 18.5. The maximum Gasteiger partial charge on any atom is 0.416 e. The molecule has 0 amide bonds. The number of aryl methyl sites for hydroxylation is 1. The van der Waals surface area contributed by atoms with E-state index in [-0.39, 0.29) is 0 Å². The molecule has 7 heteroatoms. The summed E-state index contributed by atoms with van der Waals surface area (Å²) >= 11 is 0. The van der Waals surface area contributed by atoms with Crippen molar-refractivity contribution in [3.63, 3.8) is 0 Å². The van der Waals surface area contributed by atoms with E-state index in [1.54, 1.807) is 12.4 Å². The van der Waals surface area contributed by atoms with Crippen molar-refractivity contribution in [1.82, 2.24) is 14.9 Å². The van der Waals surface area contributed by atoms with E-state index in [0.29, 0.717) is 18.6 Å². The van der Waals surface area contributed by atoms with Crippen LogP contribution in [-0.2, 0) is 12.7 Å². The van der Waals surface area contributed by atoms with E-state index in [9.17, 15) is 13.2 Å². The van der Waals surface area contributed by atoms with Gasteiger partial charge in [0.15, 0.2) is 0 Å². The summed E-state index contributed by atoms with van der Waals surface area (Å²) in [4.78, 5) is 13.3. The highest BCUT2D eigenvalue weighted by molar-refractivity contribution is 5.49. The van der Waals surface area contributed by atoms with Crippen molar-refractivity contribution in [2.45, 2.75) is 45.1 Å². The molecule has 26 heavy (non-hydrogen) atoms. The smallest absolute Gasteiger partial charge is 0.353 e. The van der Waals surface area contributed by atoms with Crippen molar-refractivity contribution in [1.29, 1.82) is 0 Å². The summed E-state index contributed by atoms with van der Waals surface area (Å²) in [5, 5.41) is 0. The molecular weight excluding hydrogens is 341 g/mol. The Bertz CT molecular complexity index is 809. The molecule has 2 atom stereocenters. The van der Waals surface area contributed by atoms with Crippen LogP contribution in [0.3, 0.4) is 0 Å². The van der Waals surface area contributed by atoms with Crippen LogP contribution in [0.25, 0.3) is 0 Å². The van der Waals surface area contributed by atoms with Crippen molar-refractivity contribution in [2.24, 2.45) is 0 Å². The van der Waals surface area contributed by atoms with E-state index in [2.05, 4.69) is 19.8 Å². The zero-order valence-electron chi connectivity index (χ0n) is 14.8. The lowest BCUT2D eigenvalue weighted by molar-refractivity contribution is -0.137. The summed E-state index contributed by atoms with van der Waals surface area (Å²) in [6.07, 6.45) is -1.60. The number of rotatable bonds is 3. The summed E-state index contributed by atoms with van der Waals surface area (Å²) in [6.45, 7) is 6.28. The van der Waals surface area contributed by atoms with Crippen LogP contribution in [0.15, 0.2) is 30.6 Å². The fraction of sp³-hybridized carbons (Fsp3) is 0.474. The summed E-state index contributed by atoms with van der Waals surface area (Å²) in [6, 6.07) is 6.38. The number of hydrogen-bond acceptors (Lipinski definition) is 4. The Balaban J connectivity index is 1.46. The van der Waals surface area contributed by atoms with Crippen LogP contribution in [0, 0.1) is 13.8 Å². The van der Waals surface area contributed by atoms with Gasteiger partial charge in [-0.25, -0.2) is 9.97 Å². The average Bonchev–Trinajstić information content (AvgIpc) is 2.61. The maximum atomic E-state index is 12.9. The largest absolute Gasteiger partial charge is 0.416 e. The summed E-state index contributed by atoms with van der Waals surface area (Å²) in [5.74, 6) is 0.978. The highest BCUT2D eigenvalue weighted by Crippen LogP contribution is 2.37. The minimum atomic E-state index is -4.29. The van der Waals surface area contributed by atoms with Gasteiger partial charge in [-0.2, -0.15) is 13.2 Å². The molecule has 0 N–H and O–H groups in total. The van der Waals surface area contributed by atoms with Gasteiger partial charge in [0.25, 0.3) is 0 Å². The van der Waals surface area contributed by atoms with Gasteiger partial charge in [-0.3, -0.25) is 4.90 Å². The third kappa shape index (κ3) is 3.05. The standard InChI is InChI=1S/C19H21F3N4/c1-12-13(2)23-11-24-18(12)25-9-16-7-17(10-25)26(16)8-14-4-3-5-15(6-14)19(20,21)22/h3-6,11,16-17H,7-10H2,1-2H3. The van der Waals surface area contributed by atoms with Crippen LogP contribution >= 0.6 is 0 Å². The minimum Gasteiger partial charge on any atom is -0.353 e. The number of benzene rings is 1. The van der Waals surface area contributed by atoms with Crippen molar-refractivity contribution in [3.8, 4) is 0 Å². The van der Waals surface area contributed by atoms with Gasteiger partial charge < -0.3 is 4.90 Å². The number of aromatic nitrogens is 2. The number of fused-ring (bicyclic) bond motifs is 2. The zero-order valence-corrected chi connectivity index (χ0v) is 14.8. The monoisotopic (exact) mass is 362 g/mol. The Morgan fingerprint density at radius 2 is 1.85 bits per heavy atom. The number of hydrogen-bond donors (Lipinski definition) is 0. The lowest BCUT2D eigenvalue weighted by Gasteiger charge is -2.57. The molecule has 2 unspecified atom stereocenters. The number of piperazine rings is 1. The van der Waals surface area contributed by atoms with Crippen LogP contribution in [0.2, 0.25) is 0 Å². The van der Waals surface area contributed by atoms with Gasteiger partial charge in [-0.1, -0.05) is 18.2 Å². The lowest BCUT2D eigenvalue weighted by Crippen LogP contribution is -2.68. The highest BCUT2D eigenvalue weighted by atomic mass is 19.4. The molecule has 4 nitrogen and oxygen atoms in total. The van der Waals surface area contributed by atoms with Gasteiger partial charge in [0.2, 0.25) is 0 Å². The Morgan fingerprint density at radius 1 is 1.12 bits per heavy atom. The minimum absolute atomic E-state index is 0.359. The molecule has 138 valence electrons. The number of halogens is 3. The van der Waals surface area contributed by atoms with Gasteiger partial charge in [0, 0.05) is 43.0 Å². The normalized spacial score (nSPS) is 23.0. The number of anilines is 1. The topological polar surface area (TPSA) is 32.3 Å². The first kappa shape index (κ1) is 17.3. The lowest BCUT2D eigenvalue weighted by atomic mass is 9.86. The first-order valence-electron chi connectivity index (χ1n) is 8.78. The fourth-order valence-electron chi connectivity index (χ4n) is 4.02. The van der Waals surface area contributed by atoms with E-state index < -0.39 is 11.7 Å². The van der Waals surface area contributed by atoms with Crippen molar-refractivity contribution in [2.75, 3.05) is 18.0 Å². The Labute approximate surface area is 150 Å². The molecule has 2 aromatic rings. The molecule has 2 bridgehead atoms. The molecular formula is C19H21F3N4. The number of nitrogens with zero attached hydrogens (tertiary/aromatic N) is 4. The summed E-state index contributed by atoms with van der Waals surface area (Å²) in [7, 11) is 0. The molecule has 4 heterocycles. The van der Waals surface area contributed by atoms with Crippen LogP contribution in [0.5, 0.6) is 0 Å². The van der Waals surface area contributed by atoms with Gasteiger partial charge in [-0.15, -0.1) is 0 Å². The second kappa shape index (κ2) is 6.23. The number of piperidine rings is 1. The molecule has 3 saturated heterocycles. The van der Waals surface area contributed by atoms with Gasteiger partial charge in [0.05, 0.1) is 5.56 Å². The SMILES string of the molecule is Cc1ncnc(N2CC3CC(C2)N3Cc2cccc(C(F)(F)F)c2)c1C. The van der Waals surface area contributed by atoms with Crippen LogP contribution in [-0.4, -0.2) is 40.0 Å². The molecule has 1 aromatic heterocycles. The predicted octanol–water partition coefficient (Wildman–Crippen LogP) is 3.58. The predicted molar refractivity (Wildman–Crippen MR) is 92.9 cm³/mol. The van der Waals surface area contributed by atoms with Crippen LogP contribution < -0.4 is 4.90 Å². The molecule has 3 aliphatic heterocycles. The first-order chi connectivity index (χ1) is 12.3. The fourth-order valence-corrected chi connectivity index (χ4v) is 4.02. The Kier molecular flexibility index (Phi) is 4.14. The van der Waals surface area contributed by atoms with Crippen molar-refractivity contribution >= 4 is 5.82 Å². The molecule has 3 aliphatic rings. The molecule has 0 radical (unpaired) electrons. The molecule has 0 saturated carbocycles. The average molecular weight is 362 g/mol.